The fourth-order valence-corrected chi connectivity index (χ4v) is 4.91. The monoisotopic (exact) mass is 447 g/mol. The second kappa shape index (κ2) is 9.16. The lowest BCUT2D eigenvalue weighted by molar-refractivity contribution is -0.133. The van der Waals surface area contributed by atoms with E-state index < -0.39 is 25.8 Å². The first-order valence-corrected chi connectivity index (χ1v) is 13.7. The number of carbonyl (C=O) groups is 2. The minimum atomic E-state index is -1.73. The van der Waals surface area contributed by atoms with E-state index in [1.54, 1.807) is 0 Å². The van der Waals surface area contributed by atoms with Gasteiger partial charge in [0.15, 0.2) is 8.32 Å². The van der Waals surface area contributed by atoms with E-state index in [0.29, 0.717) is 5.57 Å². The highest BCUT2D eigenvalue weighted by Crippen LogP contribution is 2.41. The van der Waals surface area contributed by atoms with Crippen molar-refractivity contribution in [3.05, 3.63) is 41.0 Å². The molecule has 1 aromatic carbocycles. The molecule has 0 aromatic heterocycles. The van der Waals surface area contributed by atoms with Crippen LogP contribution in [-0.4, -0.2) is 55.2 Å². The first-order valence-electron chi connectivity index (χ1n) is 10.8. The normalized spacial score (nSPS) is 17.1. The number of aryl methyl sites for hydroxylation is 1. The number of nitrogens with zero attached hydrogens (tertiary/aromatic N) is 1. The summed E-state index contributed by atoms with van der Waals surface area (Å²) in [6, 6.07) is 7.99. The Balaban J connectivity index is 2.13. The molecule has 1 aliphatic heterocycles. The molecule has 0 bridgehead atoms. The minimum Gasteiger partial charge on any atom is -0.478 e. The fraction of sp³-hybridized carbons (Fsp3) is 0.583. The van der Waals surface area contributed by atoms with Gasteiger partial charge in [0.05, 0.1) is 12.1 Å². The highest BCUT2D eigenvalue weighted by atomic mass is 28.4. The second-order valence-electron chi connectivity index (χ2n) is 10.6. The van der Waals surface area contributed by atoms with Gasteiger partial charge in [-0.3, -0.25) is 0 Å². The van der Waals surface area contributed by atoms with Gasteiger partial charge in [0.1, 0.15) is 0 Å². The van der Waals surface area contributed by atoms with Crippen molar-refractivity contribution in [1.29, 1.82) is 0 Å². The lowest BCUT2D eigenvalue weighted by Crippen LogP contribution is -2.45. The fourth-order valence-electron chi connectivity index (χ4n) is 3.82. The van der Waals surface area contributed by atoms with Crippen molar-refractivity contribution in [2.45, 2.75) is 65.6 Å². The summed E-state index contributed by atoms with van der Waals surface area (Å²) in [4.78, 5) is 24.5. The topological polar surface area (TPSA) is 87.1 Å². The molecule has 1 aromatic rings. The van der Waals surface area contributed by atoms with Gasteiger partial charge in [-0.25, -0.2) is 9.59 Å². The van der Waals surface area contributed by atoms with Crippen molar-refractivity contribution < 1.29 is 24.2 Å². The molecule has 2 rings (SSSR count). The summed E-state index contributed by atoms with van der Waals surface area (Å²) >= 11 is 0. The van der Waals surface area contributed by atoms with E-state index in [-0.39, 0.29) is 23.7 Å². The smallest absolute Gasteiger partial charge is 0.407 e. The molecule has 7 heteroatoms. The molecule has 0 aliphatic carbocycles. The summed E-state index contributed by atoms with van der Waals surface area (Å²) in [7, 11) is -1.73. The SMILES string of the molecule is CC1(C)CN(C(=O)O)CC(C(=O)O)=C1c1ccc(CCCO[Si](C)(C)C(C)(C)C)cc1. The molecule has 0 unspecified atom stereocenters. The van der Waals surface area contributed by atoms with Crippen LogP contribution < -0.4 is 0 Å². The zero-order valence-electron chi connectivity index (χ0n) is 19.9. The van der Waals surface area contributed by atoms with E-state index >= 15 is 0 Å². The van der Waals surface area contributed by atoms with Crippen LogP contribution in [0.25, 0.3) is 5.57 Å². The Morgan fingerprint density at radius 2 is 1.71 bits per heavy atom. The predicted molar refractivity (Wildman–Crippen MR) is 126 cm³/mol. The molecular formula is C24H37NO5Si. The van der Waals surface area contributed by atoms with E-state index in [1.165, 1.54) is 10.5 Å². The molecule has 1 heterocycles. The molecule has 0 radical (unpaired) electrons. The van der Waals surface area contributed by atoms with Crippen LogP contribution in [0.15, 0.2) is 29.8 Å². The molecule has 0 saturated carbocycles. The number of carboxylic acid groups (broad SMARTS) is 2. The Morgan fingerprint density at radius 3 is 2.19 bits per heavy atom. The van der Waals surface area contributed by atoms with E-state index in [4.69, 9.17) is 4.43 Å². The molecule has 2 N–H and O–H groups in total. The first-order chi connectivity index (χ1) is 14.2. The zero-order valence-corrected chi connectivity index (χ0v) is 20.9. The predicted octanol–water partition coefficient (Wildman–Crippen LogP) is 5.50. The molecule has 0 fully saturated rings. The maximum Gasteiger partial charge on any atom is 0.407 e. The highest BCUT2D eigenvalue weighted by molar-refractivity contribution is 6.74. The molecule has 1 amide bonds. The molecule has 1 aliphatic rings. The quantitative estimate of drug-likeness (QED) is 0.426. The van der Waals surface area contributed by atoms with E-state index in [9.17, 15) is 19.8 Å². The third kappa shape index (κ3) is 5.98. The van der Waals surface area contributed by atoms with Gasteiger partial charge in [0.25, 0.3) is 0 Å². The van der Waals surface area contributed by atoms with E-state index in [1.807, 2.05) is 38.1 Å². The molecule has 31 heavy (non-hydrogen) atoms. The molecule has 6 nitrogen and oxygen atoms in total. The first kappa shape index (κ1) is 25.1. The summed E-state index contributed by atoms with van der Waals surface area (Å²) in [5.74, 6) is -1.07. The Labute approximate surface area is 187 Å². The van der Waals surface area contributed by atoms with E-state index in [0.717, 1.165) is 25.0 Å². The zero-order chi connectivity index (χ0) is 23.6. The number of hydrogen-bond acceptors (Lipinski definition) is 3. The Kier molecular flexibility index (Phi) is 7.43. The third-order valence-electron chi connectivity index (χ3n) is 6.56. The Morgan fingerprint density at radius 1 is 1.13 bits per heavy atom. The molecule has 172 valence electrons. The number of rotatable bonds is 7. The number of hydrogen-bond donors (Lipinski definition) is 2. The third-order valence-corrected chi connectivity index (χ3v) is 11.1. The number of amides is 1. The van der Waals surface area contributed by atoms with Gasteiger partial charge in [0.2, 0.25) is 0 Å². The van der Waals surface area contributed by atoms with Crippen molar-refractivity contribution in [3.63, 3.8) is 0 Å². The minimum absolute atomic E-state index is 0.101. The average Bonchev–Trinajstić information content (AvgIpc) is 2.63. The lowest BCUT2D eigenvalue weighted by Gasteiger charge is -2.39. The van der Waals surface area contributed by atoms with Gasteiger partial charge in [0, 0.05) is 18.6 Å². The second-order valence-corrected chi connectivity index (χ2v) is 15.4. The summed E-state index contributed by atoms with van der Waals surface area (Å²) in [6.45, 7) is 15.9. The standard InChI is InChI=1S/C24H37NO5Si/c1-23(2,3)31(6,7)30-14-8-9-17-10-12-18(13-11-17)20-19(21(26)27)15-25(22(28)29)16-24(20,4)5/h10-13H,8-9,14-16H2,1-7H3,(H,26,27)(H,28,29). The Hall–Kier alpha value is -2.12. The van der Waals surface area contributed by atoms with Gasteiger partial charge in [-0.1, -0.05) is 58.9 Å². The van der Waals surface area contributed by atoms with Crippen molar-refractivity contribution in [2.24, 2.45) is 5.41 Å². The van der Waals surface area contributed by atoms with Crippen LogP contribution in [0.3, 0.4) is 0 Å². The van der Waals surface area contributed by atoms with Crippen LogP contribution in [0.4, 0.5) is 4.79 Å². The number of aliphatic carboxylic acids is 1. The largest absolute Gasteiger partial charge is 0.478 e. The van der Waals surface area contributed by atoms with Crippen LogP contribution in [0.2, 0.25) is 18.1 Å². The summed E-state index contributed by atoms with van der Waals surface area (Å²) in [5.41, 5.74) is 2.29. The molecule has 0 spiro atoms. The summed E-state index contributed by atoms with van der Waals surface area (Å²) in [5, 5.41) is 19.3. The van der Waals surface area contributed by atoms with Crippen molar-refractivity contribution in [1.82, 2.24) is 4.90 Å². The average molecular weight is 448 g/mol. The van der Waals surface area contributed by atoms with Gasteiger partial charge in [-0.2, -0.15) is 0 Å². The van der Waals surface area contributed by atoms with Crippen molar-refractivity contribution >= 4 is 26.0 Å². The molecule has 0 saturated heterocycles. The van der Waals surface area contributed by atoms with Crippen LogP contribution in [-0.2, 0) is 15.6 Å². The van der Waals surface area contributed by atoms with Crippen LogP contribution in [0.5, 0.6) is 0 Å². The van der Waals surface area contributed by atoms with Crippen LogP contribution >= 0.6 is 0 Å². The molecule has 0 atom stereocenters. The number of carboxylic acids is 1. The van der Waals surface area contributed by atoms with Gasteiger partial charge in [-0.15, -0.1) is 0 Å². The van der Waals surface area contributed by atoms with E-state index in [2.05, 4.69) is 33.9 Å². The summed E-state index contributed by atoms with van der Waals surface area (Å²) < 4.78 is 6.25. The highest BCUT2D eigenvalue weighted by Gasteiger charge is 2.39. The molecular weight excluding hydrogens is 410 g/mol. The van der Waals surface area contributed by atoms with Crippen LogP contribution in [0, 0.1) is 5.41 Å². The van der Waals surface area contributed by atoms with Gasteiger partial charge in [-0.05, 0) is 47.7 Å². The van der Waals surface area contributed by atoms with Crippen molar-refractivity contribution in [2.75, 3.05) is 19.7 Å². The van der Waals surface area contributed by atoms with Crippen molar-refractivity contribution in [3.8, 4) is 0 Å². The summed E-state index contributed by atoms with van der Waals surface area (Å²) in [6.07, 6.45) is 0.741. The maximum absolute atomic E-state index is 11.9. The maximum atomic E-state index is 11.9. The Bertz CT molecular complexity index is 850. The lowest BCUT2D eigenvalue weighted by atomic mass is 9.74. The van der Waals surface area contributed by atoms with Crippen LogP contribution in [0.1, 0.15) is 52.2 Å². The van der Waals surface area contributed by atoms with Gasteiger partial charge < -0.3 is 19.5 Å². The van der Waals surface area contributed by atoms with Gasteiger partial charge >= 0.3 is 12.1 Å². The number of benzene rings is 1.